The van der Waals surface area contributed by atoms with Crippen LogP contribution in [-0.2, 0) is 9.53 Å². The summed E-state index contributed by atoms with van der Waals surface area (Å²) in [5.74, 6) is 0.148. The van der Waals surface area contributed by atoms with Crippen molar-refractivity contribution in [3.8, 4) is 5.75 Å². The molecule has 2 amide bonds. The largest absolute Gasteiger partial charge is 0.484 e. The van der Waals surface area contributed by atoms with Crippen molar-refractivity contribution in [3.63, 3.8) is 0 Å². The van der Waals surface area contributed by atoms with Crippen molar-refractivity contribution in [3.05, 3.63) is 58.6 Å². The SMILES string of the molecule is COCCNC(=O)c1ccc(NC(=O)COc2ccc(Br)cc2)cc1. The summed E-state index contributed by atoms with van der Waals surface area (Å²) in [6.07, 6.45) is 0. The fourth-order valence-electron chi connectivity index (χ4n) is 1.95. The smallest absolute Gasteiger partial charge is 0.262 e. The highest BCUT2D eigenvalue weighted by molar-refractivity contribution is 9.10. The predicted molar refractivity (Wildman–Crippen MR) is 98.9 cm³/mol. The van der Waals surface area contributed by atoms with Crippen molar-refractivity contribution in [1.29, 1.82) is 0 Å². The Balaban J connectivity index is 1.80. The number of amides is 2. The monoisotopic (exact) mass is 406 g/mol. The van der Waals surface area contributed by atoms with Crippen molar-refractivity contribution in [2.75, 3.05) is 32.2 Å². The van der Waals surface area contributed by atoms with Gasteiger partial charge in [0, 0.05) is 29.4 Å². The lowest BCUT2D eigenvalue weighted by Crippen LogP contribution is -2.26. The van der Waals surface area contributed by atoms with Crippen LogP contribution in [0.25, 0.3) is 0 Å². The Kier molecular flexibility index (Phi) is 7.43. The van der Waals surface area contributed by atoms with Crippen LogP contribution in [0, 0.1) is 0 Å². The Morgan fingerprint density at radius 1 is 1.04 bits per heavy atom. The maximum Gasteiger partial charge on any atom is 0.262 e. The Bertz CT molecular complexity index is 702. The molecule has 2 N–H and O–H groups in total. The molecule has 6 nitrogen and oxygen atoms in total. The number of halogens is 1. The summed E-state index contributed by atoms with van der Waals surface area (Å²) < 4.78 is 11.2. The second-order valence-electron chi connectivity index (χ2n) is 5.12. The molecule has 0 radical (unpaired) electrons. The molecule has 0 aromatic heterocycles. The highest BCUT2D eigenvalue weighted by Gasteiger charge is 2.07. The van der Waals surface area contributed by atoms with E-state index in [2.05, 4.69) is 26.6 Å². The molecule has 0 atom stereocenters. The lowest BCUT2D eigenvalue weighted by Gasteiger charge is -2.09. The first-order chi connectivity index (χ1) is 12.1. The molecule has 2 aromatic carbocycles. The predicted octanol–water partition coefficient (Wildman–Crippen LogP) is 2.84. The van der Waals surface area contributed by atoms with Gasteiger partial charge in [-0.25, -0.2) is 0 Å². The van der Waals surface area contributed by atoms with Gasteiger partial charge in [0.15, 0.2) is 6.61 Å². The zero-order valence-electron chi connectivity index (χ0n) is 13.8. The van der Waals surface area contributed by atoms with Crippen LogP contribution >= 0.6 is 15.9 Å². The number of anilines is 1. The molecule has 0 unspecified atom stereocenters. The van der Waals surface area contributed by atoms with Crippen LogP contribution in [-0.4, -0.2) is 38.7 Å². The number of hydrogen-bond donors (Lipinski definition) is 2. The standard InChI is InChI=1S/C18H19BrN2O4/c1-24-11-10-20-18(23)13-2-6-15(7-3-13)21-17(22)12-25-16-8-4-14(19)5-9-16/h2-9H,10-12H2,1H3,(H,20,23)(H,21,22). The Labute approximate surface area is 154 Å². The van der Waals surface area contributed by atoms with Crippen LogP contribution in [0.3, 0.4) is 0 Å². The normalized spacial score (nSPS) is 10.2. The number of carbonyl (C=O) groups is 2. The third kappa shape index (κ3) is 6.56. The number of ether oxygens (including phenoxy) is 2. The van der Waals surface area contributed by atoms with E-state index in [-0.39, 0.29) is 18.4 Å². The lowest BCUT2D eigenvalue weighted by atomic mass is 10.2. The first kappa shape index (κ1) is 19.0. The van der Waals surface area contributed by atoms with E-state index in [1.807, 2.05) is 12.1 Å². The molecule has 25 heavy (non-hydrogen) atoms. The van der Waals surface area contributed by atoms with Gasteiger partial charge in [-0.05, 0) is 48.5 Å². The fraction of sp³-hybridized carbons (Fsp3) is 0.222. The summed E-state index contributed by atoms with van der Waals surface area (Å²) in [6.45, 7) is 0.806. The van der Waals surface area contributed by atoms with Crippen LogP contribution in [0.5, 0.6) is 5.75 Å². The van der Waals surface area contributed by atoms with E-state index >= 15 is 0 Å². The van der Waals surface area contributed by atoms with E-state index < -0.39 is 0 Å². The van der Waals surface area contributed by atoms with Crippen molar-refractivity contribution < 1.29 is 19.1 Å². The Morgan fingerprint density at radius 2 is 1.72 bits per heavy atom. The van der Waals surface area contributed by atoms with Crippen molar-refractivity contribution in [2.45, 2.75) is 0 Å². The van der Waals surface area contributed by atoms with Gasteiger partial charge in [0.1, 0.15) is 5.75 Å². The minimum Gasteiger partial charge on any atom is -0.484 e. The van der Waals surface area contributed by atoms with E-state index in [0.717, 1.165) is 4.47 Å². The van der Waals surface area contributed by atoms with Crippen LogP contribution in [0.15, 0.2) is 53.0 Å². The van der Waals surface area contributed by atoms with Gasteiger partial charge < -0.3 is 20.1 Å². The zero-order chi connectivity index (χ0) is 18.1. The minimum absolute atomic E-state index is 0.0963. The molecular formula is C18H19BrN2O4. The topological polar surface area (TPSA) is 76.7 Å². The number of carbonyl (C=O) groups excluding carboxylic acids is 2. The van der Waals surface area contributed by atoms with E-state index in [4.69, 9.17) is 9.47 Å². The van der Waals surface area contributed by atoms with Crippen molar-refractivity contribution >= 4 is 33.4 Å². The third-order valence-electron chi connectivity index (χ3n) is 3.21. The molecule has 0 heterocycles. The average Bonchev–Trinajstić information content (AvgIpc) is 2.62. The molecule has 0 aliphatic heterocycles. The van der Waals surface area contributed by atoms with Crippen molar-refractivity contribution in [1.82, 2.24) is 5.32 Å². The summed E-state index contributed by atoms with van der Waals surface area (Å²) in [4.78, 5) is 23.8. The molecule has 132 valence electrons. The number of benzene rings is 2. The lowest BCUT2D eigenvalue weighted by molar-refractivity contribution is -0.118. The van der Waals surface area contributed by atoms with E-state index in [9.17, 15) is 9.59 Å². The summed E-state index contributed by atoms with van der Waals surface area (Å²) in [5, 5.41) is 5.44. The molecule has 0 bridgehead atoms. The molecule has 7 heteroatoms. The second-order valence-corrected chi connectivity index (χ2v) is 6.03. The molecule has 0 spiro atoms. The van der Waals surface area contributed by atoms with Gasteiger partial charge in [-0.15, -0.1) is 0 Å². The molecule has 0 fully saturated rings. The van der Waals surface area contributed by atoms with Crippen LogP contribution in [0.4, 0.5) is 5.69 Å². The van der Waals surface area contributed by atoms with Gasteiger partial charge in [0.2, 0.25) is 0 Å². The molecule has 0 saturated carbocycles. The molecule has 2 aromatic rings. The number of nitrogens with one attached hydrogen (secondary N) is 2. The van der Waals surface area contributed by atoms with Crippen LogP contribution in [0.2, 0.25) is 0 Å². The summed E-state index contributed by atoms with van der Waals surface area (Å²) in [5.41, 5.74) is 1.11. The molecule has 2 rings (SSSR count). The zero-order valence-corrected chi connectivity index (χ0v) is 15.3. The fourth-order valence-corrected chi connectivity index (χ4v) is 2.21. The van der Waals surface area contributed by atoms with Gasteiger partial charge in [0.05, 0.1) is 6.61 Å². The summed E-state index contributed by atoms with van der Waals surface area (Å²) in [7, 11) is 1.57. The highest BCUT2D eigenvalue weighted by Crippen LogP contribution is 2.16. The maximum absolute atomic E-state index is 11.9. The van der Waals surface area contributed by atoms with Gasteiger partial charge in [-0.2, -0.15) is 0 Å². The summed E-state index contributed by atoms with van der Waals surface area (Å²) in [6, 6.07) is 13.8. The number of hydrogen-bond acceptors (Lipinski definition) is 4. The van der Waals surface area contributed by atoms with E-state index in [1.54, 1.807) is 43.5 Å². The maximum atomic E-state index is 11.9. The molecule has 0 aliphatic carbocycles. The minimum atomic E-state index is -0.278. The van der Waals surface area contributed by atoms with Gasteiger partial charge >= 0.3 is 0 Å². The number of rotatable bonds is 8. The van der Waals surface area contributed by atoms with Gasteiger partial charge in [-0.3, -0.25) is 9.59 Å². The van der Waals surface area contributed by atoms with E-state index in [1.165, 1.54) is 0 Å². The third-order valence-corrected chi connectivity index (χ3v) is 3.73. The van der Waals surface area contributed by atoms with Gasteiger partial charge in [0.25, 0.3) is 11.8 Å². The summed E-state index contributed by atoms with van der Waals surface area (Å²) >= 11 is 3.33. The average molecular weight is 407 g/mol. The van der Waals surface area contributed by atoms with Crippen LogP contribution in [0.1, 0.15) is 10.4 Å². The van der Waals surface area contributed by atoms with Gasteiger partial charge in [-0.1, -0.05) is 15.9 Å². The Hall–Kier alpha value is -2.38. The first-order valence-electron chi connectivity index (χ1n) is 7.64. The van der Waals surface area contributed by atoms with Crippen LogP contribution < -0.4 is 15.4 Å². The molecule has 0 aliphatic rings. The molecule has 0 saturated heterocycles. The second kappa shape index (κ2) is 9.80. The molecular weight excluding hydrogens is 388 g/mol. The quantitative estimate of drug-likeness (QED) is 0.660. The first-order valence-corrected chi connectivity index (χ1v) is 8.43. The van der Waals surface area contributed by atoms with Crippen molar-refractivity contribution in [2.24, 2.45) is 0 Å². The highest BCUT2D eigenvalue weighted by atomic mass is 79.9. The Morgan fingerprint density at radius 3 is 2.36 bits per heavy atom. The van der Waals surface area contributed by atoms with E-state index in [0.29, 0.717) is 30.2 Å². The number of methoxy groups -OCH3 is 1.